The first-order valence-electron chi connectivity index (χ1n) is 8.33. The largest absolute Gasteiger partial charge is 0.507 e. The summed E-state index contributed by atoms with van der Waals surface area (Å²) in [7, 11) is -3.28. The Balaban J connectivity index is 1.95. The monoisotopic (exact) mass is 377 g/mol. The van der Waals surface area contributed by atoms with E-state index < -0.39 is 10.0 Å². The molecule has 0 saturated carbocycles. The van der Waals surface area contributed by atoms with Crippen LogP contribution < -0.4 is 10.6 Å². The van der Waals surface area contributed by atoms with E-state index in [1.165, 1.54) is 10.6 Å². The predicted molar refractivity (Wildman–Crippen MR) is 101 cm³/mol. The highest BCUT2D eigenvalue weighted by molar-refractivity contribution is 7.88. The third-order valence-electron chi connectivity index (χ3n) is 4.54. The molecule has 3 N–H and O–H groups in total. The molecule has 26 heavy (non-hydrogen) atoms. The molecule has 3 rings (SSSR count). The number of piperazine rings is 1. The molecule has 2 atom stereocenters. The molecule has 1 saturated heterocycles. The van der Waals surface area contributed by atoms with E-state index in [0.717, 1.165) is 0 Å². The number of nitrogens with two attached hydrogens (primary N) is 1. The fourth-order valence-electron chi connectivity index (χ4n) is 3.62. The van der Waals surface area contributed by atoms with Crippen LogP contribution in [-0.4, -0.2) is 59.5 Å². The molecule has 1 aromatic carbocycles. The van der Waals surface area contributed by atoms with Gasteiger partial charge in [-0.2, -0.15) is 4.31 Å². The van der Waals surface area contributed by atoms with Crippen LogP contribution in [0.2, 0.25) is 0 Å². The number of sulfonamides is 1. The second-order valence-electron chi connectivity index (χ2n) is 6.71. The van der Waals surface area contributed by atoms with Gasteiger partial charge in [-0.05, 0) is 32.0 Å². The minimum Gasteiger partial charge on any atom is -0.507 e. The number of para-hydroxylation sites is 1. The maximum Gasteiger partial charge on any atom is 0.211 e. The third kappa shape index (κ3) is 3.45. The number of aromatic nitrogens is 2. The Labute approximate surface area is 153 Å². The molecular formula is C17H23N5O3S. The van der Waals surface area contributed by atoms with Crippen LogP contribution in [-0.2, 0) is 10.0 Å². The lowest BCUT2D eigenvalue weighted by Gasteiger charge is -2.43. The Morgan fingerprint density at radius 3 is 2.35 bits per heavy atom. The molecule has 0 aliphatic carbocycles. The highest BCUT2D eigenvalue weighted by atomic mass is 32.2. The summed E-state index contributed by atoms with van der Waals surface area (Å²) in [5, 5.41) is 18.2. The van der Waals surface area contributed by atoms with E-state index in [9.17, 15) is 13.5 Å². The summed E-state index contributed by atoms with van der Waals surface area (Å²) in [5.74, 6) is 0.387. The zero-order valence-electron chi connectivity index (χ0n) is 15.0. The molecule has 8 nitrogen and oxygen atoms in total. The van der Waals surface area contributed by atoms with E-state index in [1.54, 1.807) is 24.3 Å². The normalized spacial score (nSPS) is 21.7. The van der Waals surface area contributed by atoms with Gasteiger partial charge in [0.1, 0.15) is 5.75 Å². The van der Waals surface area contributed by atoms with Crippen molar-refractivity contribution in [1.82, 2.24) is 14.5 Å². The molecule has 140 valence electrons. The van der Waals surface area contributed by atoms with Crippen LogP contribution in [0.4, 0.5) is 11.5 Å². The fraction of sp³-hybridized carbons (Fsp3) is 0.412. The first kappa shape index (κ1) is 18.4. The number of phenols is 1. The summed E-state index contributed by atoms with van der Waals surface area (Å²) >= 11 is 0. The van der Waals surface area contributed by atoms with Gasteiger partial charge in [0.2, 0.25) is 10.0 Å². The minimum absolute atomic E-state index is 0.112. The molecular weight excluding hydrogens is 354 g/mol. The topological polar surface area (TPSA) is 113 Å². The molecule has 0 bridgehead atoms. The lowest BCUT2D eigenvalue weighted by molar-refractivity contribution is 0.243. The van der Waals surface area contributed by atoms with Crippen LogP contribution in [0.3, 0.4) is 0 Å². The number of nitrogens with zero attached hydrogens (tertiary/aromatic N) is 4. The number of phenolic OH excluding ortho intramolecular Hbond substituents is 1. The maximum atomic E-state index is 12.0. The van der Waals surface area contributed by atoms with Crippen LogP contribution in [0.25, 0.3) is 11.3 Å². The zero-order valence-corrected chi connectivity index (χ0v) is 15.8. The van der Waals surface area contributed by atoms with E-state index in [1.807, 2.05) is 24.8 Å². The second-order valence-corrected chi connectivity index (χ2v) is 8.60. The molecule has 1 aliphatic rings. The van der Waals surface area contributed by atoms with Gasteiger partial charge < -0.3 is 15.7 Å². The molecule has 2 heterocycles. The summed E-state index contributed by atoms with van der Waals surface area (Å²) in [4.78, 5) is 2.02. The molecule has 9 heteroatoms. The molecule has 1 fully saturated rings. The number of nitrogen functional groups attached to an aromatic ring is 1. The summed E-state index contributed by atoms with van der Waals surface area (Å²) in [5.41, 5.74) is 7.80. The Bertz CT molecular complexity index is 906. The van der Waals surface area contributed by atoms with Crippen molar-refractivity contribution in [3.8, 4) is 17.0 Å². The van der Waals surface area contributed by atoms with Crippen LogP contribution in [0.15, 0.2) is 30.3 Å². The zero-order chi connectivity index (χ0) is 19.1. The maximum absolute atomic E-state index is 12.0. The molecule has 1 aromatic heterocycles. The number of rotatable bonds is 3. The summed E-state index contributed by atoms with van der Waals surface area (Å²) in [6.07, 6.45) is 1.23. The van der Waals surface area contributed by atoms with Crippen molar-refractivity contribution in [2.45, 2.75) is 25.9 Å². The van der Waals surface area contributed by atoms with Crippen molar-refractivity contribution in [1.29, 1.82) is 0 Å². The number of aromatic hydroxyl groups is 1. The number of hydrogen-bond donors (Lipinski definition) is 2. The summed E-state index contributed by atoms with van der Waals surface area (Å²) in [6.45, 7) is 4.73. The lowest BCUT2D eigenvalue weighted by Crippen LogP contribution is -2.58. The van der Waals surface area contributed by atoms with Gasteiger partial charge >= 0.3 is 0 Å². The highest BCUT2D eigenvalue weighted by Gasteiger charge is 2.36. The van der Waals surface area contributed by atoms with E-state index in [0.29, 0.717) is 30.0 Å². The van der Waals surface area contributed by atoms with E-state index in [4.69, 9.17) is 5.73 Å². The van der Waals surface area contributed by atoms with Crippen molar-refractivity contribution in [3.63, 3.8) is 0 Å². The van der Waals surface area contributed by atoms with Gasteiger partial charge in [-0.15, -0.1) is 10.2 Å². The first-order chi connectivity index (χ1) is 12.2. The van der Waals surface area contributed by atoms with Gasteiger partial charge in [-0.1, -0.05) is 12.1 Å². The van der Waals surface area contributed by atoms with Crippen LogP contribution in [0, 0.1) is 0 Å². The Morgan fingerprint density at radius 2 is 1.77 bits per heavy atom. The van der Waals surface area contributed by atoms with Crippen molar-refractivity contribution >= 4 is 21.5 Å². The minimum atomic E-state index is -3.28. The first-order valence-corrected chi connectivity index (χ1v) is 10.2. The van der Waals surface area contributed by atoms with Crippen molar-refractivity contribution in [3.05, 3.63) is 30.3 Å². The third-order valence-corrected chi connectivity index (χ3v) is 6.03. The molecule has 0 unspecified atom stereocenters. The quantitative estimate of drug-likeness (QED) is 0.829. The Morgan fingerprint density at radius 1 is 1.15 bits per heavy atom. The van der Waals surface area contributed by atoms with Crippen LogP contribution >= 0.6 is 0 Å². The SMILES string of the molecule is C[C@@H]1CN(c2cc(-c3ccccc3O)nnc2N)C[C@@H](C)N1S(C)(=O)=O. The molecule has 2 aromatic rings. The predicted octanol–water partition coefficient (Wildman–Crippen LogP) is 1.29. The van der Waals surface area contributed by atoms with Gasteiger partial charge in [-0.25, -0.2) is 8.42 Å². The summed E-state index contributed by atoms with van der Waals surface area (Å²) in [6, 6.07) is 8.27. The smallest absolute Gasteiger partial charge is 0.211 e. The molecule has 1 aliphatic heterocycles. The number of anilines is 2. The van der Waals surface area contributed by atoms with Gasteiger partial charge in [-0.3, -0.25) is 0 Å². The van der Waals surface area contributed by atoms with Crippen LogP contribution in [0.1, 0.15) is 13.8 Å². The molecule has 0 spiro atoms. The Kier molecular flexibility index (Phi) is 4.76. The summed E-state index contributed by atoms with van der Waals surface area (Å²) < 4.78 is 25.6. The van der Waals surface area contributed by atoms with E-state index in [-0.39, 0.29) is 23.7 Å². The van der Waals surface area contributed by atoms with Crippen molar-refractivity contribution < 1.29 is 13.5 Å². The number of hydrogen-bond acceptors (Lipinski definition) is 7. The van der Waals surface area contributed by atoms with Gasteiger partial charge in [0.15, 0.2) is 5.82 Å². The lowest BCUT2D eigenvalue weighted by atomic mass is 10.1. The van der Waals surface area contributed by atoms with Gasteiger partial charge in [0.05, 0.1) is 17.6 Å². The second kappa shape index (κ2) is 6.73. The average Bonchev–Trinajstić information content (AvgIpc) is 2.54. The number of benzene rings is 1. The standard InChI is InChI=1S/C17H23N5O3S/c1-11-9-21(10-12(2)22(11)26(3,24)25)15-8-14(19-20-17(15)18)13-6-4-5-7-16(13)23/h4-8,11-12,23H,9-10H2,1-3H3,(H2,18,20)/t11-,12-/m1/s1. The van der Waals surface area contributed by atoms with E-state index in [2.05, 4.69) is 10.2 Å². The molecule has 0 amide bonds. The highest BCUT2D eigenvalue weighted by Crippen LogP contribution is 2.33. The van der Waals surface area contributed by atoms with E-state index >= 15 is 0 Å². The van der Waals surface area contributed by atoms with Crippen molar-refractivity contribution in [2.24, 2.45) is 0 Å². The van der Waals surface area contributed by atoms with Gasteiger partial charge in [0.25, 0.3) is 0 Å². The average molecular weight is 377 g/mol. The molecule has 0 radical (unpaired) electrons. The van der Waals surface area contributed by atoms with Crippen LogP contribution in [0.5, 0.6) is 5.75 Å². The van der Waals surface area contributed by atoms with Gasteiger partial charge in [0, 0.05) is 30.7 Å². The Hall–Kier alpha value is -2.39. The fourth-order valence-corrected chi connectivity index (χ4v) is 5.07. The van der Waals surface area contributed by atoms with Crippen molar-refractivity contribution in [2.75, 3.05) is 30.0 Å².